The monoisotopic (exact) mass is 189 g/mol. The minimum Gasteiger partial charge on any atom is -0.506 e. The van der Waals surface area contributed by atoms with Crippen molar-refractivity contribution in [3.05, 3.63) is 23.8 Å². The summed E-state index contributed by atoms with van der Waals surface area (Å²) in [7, 11) is 0. The van der Waals surface area contributed by atoms with Crippen molar-refractivity contribution in [2.75, 3.05) is 5.73 Å². The van der Waals surface area contributed by atoms with Crippen molar-refractivity contribution in [2.24, 2.45) is 0 Å². The number of anilines is 1. The van der Waals surface area contributed by atoms with Crippen molar-refractivity contribution in [1.82, 2.24) is 0 Å². The number of aromatic carboxylic acids is 1. The summed E-state index contributed by atoms with van der Waals surface area (Å²) in [5.74, 6) is -1.29. The van der Waals surface area contributed by atoms with Gasteiger partial charge in [-0.1, -0.05) is 0 Å². The summed E-state index contributed by atoms with van der Waals surface area (Å²) >= 11 is 0. The summed E-state index contributed by atoms with van der Waals surface area (Å²) in [5, 5.41) is 17.4. The van der Waals surface area contributed by atoms with Gasteiger partial charge in [0.05, 0.1) is 11.3 Å². The molecule has 0 aliphatic carbocycles. The molecule has 12 heavy (non-hydrogen) atoms. The largest absolute Gasteiger partial charge is 0.506 e. The number of phenols is 1. The number of carbonyl (C=O) groups is 1. The zero-order valence-corrected chi connectivity index (χ0v) is 6.84. The molecule has 0 bridgehead atoms. The lowest BCUT2D eigenvalue weighted by molar-refractivity contribution is 0.0696. The van der Waals surface area contributed by atoms with E-state index in [1.165, 1.54) is 12.1 Å². The lowest BCUT2D eigenvalue weighted by Crippen LogP contribution is -1.96. The Hall–Kier alpha value is -1.42. The fourth-order valence-corrected chi connectivity index (χ4v) is 0.677. The highest BCUT2D eigenvalue weighted by Gasteiger charge is 2.04. The van der Waals surface area contributed by atoms with Crippen LogP contribution in [0.3, 0.4) is 0 Å². The Balaban J connectivity index is 0.00000121. The summed E-state index contributed by atoms with van der Waals surface area (Å²) in [6.07, 6.45) is 0. The SMILES string of the molecule is Cl.Nc1ccc(C(=O)O)cc1O. The van der Waals surface area contributed by atoms with E-state index < -0.39 is 5.97 Å². The van der Waals surface area contributed by atoms with Crippen LogP contribution in [-0.2, 0) is 0 Å². The van der Waals surface area contributed by atoms with Gasteiger partial charge in [-0.2, -0.15) is 0 Å². The Morgan fingerprint density at radius 1 is 1.42 bits per heavy atom. The maximum Gasteiger partial charge on any atom is 0.335 e. The molecule has 0 fully saturated rings. The summed E-state index contributed by atoms with van der Waals surface area (Å²) < 4.78 is 0. The van der Waals surface area contributed by atoms with Gasteiger partial charge in [-0.05, 0) is 18.2 Å². The molecule has 4 nitrogen and oxygen atoms in total. The number of hydrogen-bond donors (Lipinski definition) is 3. The first-order chi connectivity index (χ1) is 5.11. The third-order valence-electron chi connectivity index (χ3n) is 1.28. The van der Waals surface area contributed by atoms with Crippen LogP contribution in [0.4, 0.5) is 5.69 Å². The van der Waals surface area contributed by atoms with Crippen LogP contribution in [0.2, 0.25) is 0 Å². The molecule has 4 N–H and O–H groups in total. The molecule has 0 unspecified atom stereocenters. The third-order valence-corrected chi connectivity index (χ3v) is 1.28. The van der Waals surface area contributed by atoms with Gasteiger partial charge in [-0.15, -0.1) is 12.4 Å². The molecule has 0 saturated heterocycles. The van der Waals surface area contributed by atoms with Gasteiger partial charge in [0.25, 0.3) is 0 Å². The Morgan fingerprint density at radius 3 is 2.42 bits per heavy atom. The van der Waals surface area contributed by atoms with Crippen molar-refractivity contribution >= 4 is 24.1 Å². The number of nitrogens with two attached hydrogens (primary N) is 1. The van der Waals surface area contributed by atoms with E-state index in [1.807, 2.05) is 0 Å². The number of carboxylic acid groups (broad SMARTS) is 1. The van der Waals surface area contributed by atoms with Gasteiger partial charge in [0.15, 0.2) is 0 Å². The van der Waals surface area contributed by atoms with Crippen molar-refractivity contribution in [3.8, 4) is 5.75 Å². The van der Waals surface area contributed by atoms with Crippen molar-refractivity contribution in [2.45, 2.75) is 0 Å². The minimum absolute atomic E-state index is 0. The molecule has 0 aliphatic rings. The molecule has 0 atom stereocenters. The Kier molecular flexibility index (Phi) is 3.37. The average molecular weight is 190 g/mol. The topological polar surface area (TPSA) is 83.6 Å². The van der Waals surface area contributed by atoms with Crippen LogP contribution < -0.4 is 5.73 Å². The number of halogens is 1. The fraction of sp³-hybridized carbons (Fsp3) is 0. The van der Waals surface area contributed by atoms with E-state index in [-0.39, 0.29) is 29.4 Å². The van der Waals surface area contributed by atoms with E-state index >= 15 is 0 Å². The maximum absolute atomic E-state index is 10.3. The predicted octanol–water partition coefficient (Wildman–Crippen LogP) is 1.09. The molecule has 1 aromatic carbocycles. The van der Waals surface area contributed by atoms with Crippen molar-refractivity contribution in [3.63, 3.8) is 0 Å². The van der Waals surface area contributed by atoms with Gasteiger partial charge in [-0.3, -0.25) is 0 Å². The normalized spacial score (nSPS) is 8.67. The highest BCUT2D eigenvalue weighted by molar-refractivity contribution is 5.88. The van der Waals surface area contributed by atoms with Gasteiger partial charge in [0.2, 0.25) is 0 Å². The molecule has 0 spiro atoms. The van der Waals surface area contributed by atoms with Gasteiger partial charge in [0, 0.05) is 0 Å². The number of benzene rings is 1. The van der Waals surface area contributed by atoms with Gasteiger partial charge < -0.3 is 15.9 Å². The lowest BCUT2D eigenvalue weighted by atomic mass is 10.2. The Morgan fingerprint density at radius 2 is 2.00 bits per heavy atom. The van der Waals surface area contributed by atoms with Crippen LogP contribution in [0.1, 0.15) is 10.4 Å². The number of carboxylic acids is 1. The number of phenolic OH excluding ortho intramolecular Hbond substituents is 1. The number of aromatic hydroxyl groups is 1. The van der Waals surface area contributed by atoms with Gasteiger partial charge >= 0.3 is 5.97 Å². The second kappa shape index (κ2) is 3.82. The standard InChI is InChI=1S/C7H7NO3.ClH/c8-5-2-1-4(7(10)11)3-6(5)9;/h1-3,9H,8H2,(H,10,11);1H. The first-order valence-electron chi connectivity index (χ1n) is 2.93. The molecule has 66 valence electrons. The molecular formula is C7H8ClNO3. The second-order valence-electron chi connectivity index (χ2n) is 2.08. The van der Waals surface area contributed by atoms with E-state index in [0.29, 0.717) is 0 Å². The first-order valence-corrected chi connectivity index (χ1v) is 2.93. The molecule has 5 heteroatoms. The molecule has 0 heterocycles. The predicted molar refractivity (Wildman–Crippen MR) is 46.7 cm³/mol. The van der Waals surface area contributed by atoms with Gasteiger partial charge in [-0.25, -0.2) is 4.79 Å². The van der Waals surface area contributed by atoms with Crippen LogP contribution in [0, 0.1) is 0 Å². The molecule has 0 radical (unpaired) electrons. The Bertz CT molecular complexity index is 301. The van der Waals surface area contributed by atoms with Crippen LogP contribution >= 0.6 is 12.4 Å². The third kappa shape index (κ3) is 2.03. The van der Waals surface area contributed by atoms with Crippen molar-refractivity contribution < 1.29 is 15.0 Å². The van der Waals surface area contributed by atoms with E-state index in [1.54, 1.807) is 0 Å². The molecule has 0 amide bonds. The summed E-state index contributed by atoms with van der Waals surface area (Å²) in [4.78, 5) is 10.3. The average Bonchev–Trinajstić information content (AvgIpc) is 1.94. The van der Waals surface area contributed by atoms with Crippen LogP contribution in [0.5, 0.6) is 5.75 Å². The highest BCUT2D eigenvalue weighted by atomic mass is 35.5. The molecule has 0 aromatic heterocycles. The molecular weight excluding hydrogens is 182 g/mol. The zero-order chi connectivity index (χ0) is 8.43. The summed E-state index contributed by atoms with van der Waals surface area (Å²) in [6.45, 7) is 0. The maximum atomic E-state index is 10.3. The number of hydrogen-bond acceptors (Lipinski definition) is 3. The Labute approximate surface area is 75.0 Å². The van der Waals surface area contributed by atoms with E-state index in [2.05, 4.69) is 0 Å². The smallest absolute Gasteiger partial charge is 0.335 e. The minimum atomic E-state index is -1.08. The van der Waals surface area contributed by atoms with Crippen LogP contribution in [0.15, 0.2) is 18.2 Å². The molecule has 0 aliphatic heterocycles. The highest BCUT2D eigenvalue weighted by Crippen LogP contribution is 2.20. The molecule has 1 aromatic rings. The molecule has 0 saturated carbocycles. The second-order valence-corrected chi connectivity index (χ2v) is 2.08. The lowest BCUT2D eigenvalue weighted by Gasteiger charge is -1.98. The zero-order valence-electron chi connectivity index (χ0n) is 6.02. The fourth-order valence-electron chi connectivity index (χ4n) is 0.677. The van der Waals surface area contributed by atoms with E-state index in [4.69, 9.17) is 15.9 Å². The van der Waals surface area contributed by atoms with E-state index in [0.717, 1.165) is 6.07 Å². The number of nitrogen functional groups attached to an aromatic ring is 1. The van der Waals surface area contributed by atoms with Crippen LogP contribution in [-0.4, -0.2) is 16.2 Å². The van der Waals surface area contributed by atoms with E-state index in [9.17, 15) is 4.79 Å². The van der Waals surface area contributed by atoms with Crippen molar-refractivity contribution in [1.29, 1.82) is 0 Å². The molecule has 1 rings (SSSR count). The number of rotatable bonds is 1. The van der Waals surface area contributed by atoms with Crippen LogP contribution in [0.25, 0.3) is 0 Å². The summed E-state index contributed by atoms with van der Waals surface area (Å²) in [6, 6.07) is 3.79. The summed E-state index contributed by atoms with van der Waals surface area (Å²) in [5.41, 5.74) is 5.45. The quantitative estimate of drug-likeness (QED) is 0.456. The first kappa shape index (κ1) is 10.6. The van der Waals surface area contributed by atoms with Gasteiger partial charge in [0.1, 0.15) is 5.75 Å².